The number of thioether (sulfide) groups is 1. The second-order valence-electron chi connectivity index (χ2n) is 5.07. The molecule has 1 aliphatic rings. The molecule has 1 aromatic carbocycles. The number of anilines is 2. The van der Waals surface area contributed by atoms with Gasteiger partial charge in [-0.05, 0) is 39.0 Å². The third-order valence-corrected chi connectivity index (χ3v) is 4.13. The lowest BCUT2D eigenvalue weighted by Crippen LogP contribution is -2.39. The number of rotatable bonds is 3. The highest BCUT2D eigenvalue weighted by Gasteiger charge is 2.22. The van der Waals surface area contributed by atoms with Crippen molar-refractivity contribution in [2.24, 2.45) is 0 Å². The molecule has 0 fully saturated rings. The van der Waals surface area contributed by atoms with E-state index in [0.717, 1.165) is 16.3 Å². The molecule has 1 aromatic rings. The van der Waals surface area contributed by atoms with E-state index in [1.807, 2.05) is 25.1 Å². The first-order chi connectivity index (χ1) is 8.36. The van der Waals surface area contributed by atoms with Crippen LogP contribution in [0.4, 0.5) is 11.4 Å². The normalized spacial score (nSPS) is 16.8. The fraction of sp³-hybridized carbons (Fsp3) is 0.462. The Labute approximate surface area is 111 Å². The van der Waals surface area contributed by atoms with Gasteiger partial charge in [0.1, 0.15) is 0 Å². The van der Waals surface area contributed by atoms with Gasteiger partial charge in [-0.2, -0.15) is 0 Å². The quantitative estimate of drug-likeness (QED) is 0.785. The summed E-state index contributed by atoms with van der Waals surface area (Å²) in [4.78, 5) is 12.4. The van der Waals surface area contributed by atoms with Gasteiger partial charge < -0.3 is 15.7 Å². The standard InChI is InChI=1S/C13H18N2O2S/c1-8(13(2,3)17)14-9-4-5-11-10(6-9)15-12(16)7-18-11/h4-6,8,14,17H,7H2,1-3H3,(H,15,16). The van der Waals surface area contributed by atoms with E-state index in [0.29, 0.717) is 5.75 Å². The Morgan fingerprint density at radius 2 is 2.22 bits per heavy atom. The van der Waals surface area contributed by atoms with Crippen LogP contribution in [0.25, 0.3) is 0 Å². The molecule has 1 aliphatic heterocycles. The molecule has 0 aliphatic carbocycles. The summed E-state index contributed by atoms with van der Waals surface area (Å²) in [6, 6.07) is 5.77. The van der Waals surface area contributed by atoms with Gasteiger partial charge in [0.2, 0.25) is 5.91 Å². The van der Waals surface area contributed by atoms with Crippen LogP contribution in [0.3, 0.4) is 0 Å². The summed E-state index contributed by atoms with van der Waals surface area (Å²) in [7, 11) is 0. The summed E-state index contributed by atoms with van der Waals surface area (Å²) in [6.45, 7) is 5.45. The van der Waals surface area contributed by atoms with Crippen molar-refractivity contribution in [3.8, 4) is 0 Å². The van der Waals surface area contributed by atoms with Crippen molar-refractivity contribution in [2.45, 2.75) is 37.3 Å². The molecule has 1 heterocycles. The number of fused-ring (bicyclic) bond motifs is 1. The molecular weight excluding hydrogens is 248 g/mol. The maximum Gasteiger partial charge on any atom is 0.234 e. The summed E-state index contributed by atoms with van der Waals surface area (Å²) in [6.07, 6.45) is 0. The number of hydrogen-bond acceptors (Lipinski definition) is 4. The Balaban J connectivity index is 2.16. The van der Waals surface area contributed by atoms with Crippen molar-refractivity contribution in [3.05, 3.63) is 18.2 Å². The van der Waals surface area contributed by atoms with Crippen molar-refractivity contribution in [3.63, 3.8) is 0 Å². The second kappa shape index (κ2) is 4.82. The van der Waals surface area contributed by atoms with Crippen LogP contribution in [-0.4, -0.2) is 28.4 Å². The number of nitrogens with one attached hydrogen (secondary N) is 2. The molecule has 1 unspecified atom stereocenters. The lowest BCUT2D eigenvalue weighted by Gasteiger charge is -2.28. The number of aliphatic hydroxyl groups is 1. The zero-order valence-electron chi connectivity index (χ0n) is 10.8. The van der Waals surface area contributed by atoms with Crippen LogP contribution in [0.15, 0.2) is 23.1 Å². The van der Waals surface area contributed by atoms with Gasteiger partial charge in [0.15, 0.2) is 0 Å². The van der Waals surface area contributed by atoms with Crippen molar-refractivity contribution < 1.29 is 9.90 Å². The van der Waals surface area contributed by atoms with Crippen LogP contribution in [0.2, 0.25) is 0 Å². The zero-order chi connectivity index (χ0) is 13.3. The summed E-state index contributed by atoms with van der Waals surface area (Å²) in [5, 5.41) is 16.0. The third kappa shape index (κ3) is 2.97. The largest absolute Gasteiger partial charge is 0.388 e. The zero-order valence-corrected chi connectivity index (χ0v) is 11.6. The van der Waals surface area contributed by atoms with Gasteiger partial charge >= 0.3 is 0 Å². The minimum atomic E-state index is -0.798. The summed E-state index contributed by atoms with van der Waals surface area (Å²) < 4.78 is 0. The number of amides is 1. The van der Waals surface area contributed by atoms with Gasteiger partial charge in [-0.1, -0.05) is 0 Å². The lowest BCUT2D eigenvalue weighted by atomic mass is 10.0. The highest BCUT2D eigenvalue weighted by Crippen LogP contribution is 2.33. The van der Waals surface area contributed by atoms with Gasteiger partial charge in [0.25, 0.3) is 0 Å². The summed E-state index contributed by atoms with van der Waals surface area (Å²) >= 11 is 1.54. The van der Waals surface area contributed by atoms with Crippen molar-refractivity contribution in [2.75, 3.05) is 16.4 Å². The Morgan fingerprint density at radius 1 is 1.50 bits per heavy atom. The molecule has 2 rings (SSSR count). The molecule has 98 valence electrons. The summed E-state index contributed by atoms with van der Waals surface area (Å²) in [5.41, 5.74) is 0.934. The Kier molecular flexibility index (Phi) is 3.54. The molecule has 18 heavy (non-hydrogen) atoms. The van der Waals surface area contributed by atoms with E-state index >= 15 is 0 Å². The number of hydrogen-bond donors (Lipinski definition) is 3. The van der Waals surface area contributed by atoms with Crippen LogP contribution in [0.1, 0.15) is 20.8 Å². The van der Waals surface area contributed by atoms with Gasteiger partial charge in [0, 0.05) is 10.6 Å². The molecule has 0 aromatic heterocycles. The van der Waals surface area contributed by atoms with E-state index in [1.54, 1.807) is 25.6 Å². The smallest absolute Gasteiger partial charge is 0.234 e. The first-order valence-electron chi connectivity index (χ1n) is 5.92. The highest BCUT2D eigenvalue weighted by molar-refractivity contribution is 8.00. The number of carbonyl (C=O) groups is 1. The van der Waals surface area contributed by atoms with Crippen molar-refractivity contribution in [1.29, 1.82) is 0 Å². The molecular formula is C13H18N2O2S. The Morgan fingerprint density at radius 3 is 2.89 bits per heavy atom. The molecule has 3 N–H and O–H groups in total. The third-order valence-electron chi connectivity index (χ3n) is 3.06. The van der Waals surface area contributed by atoms with Gasteiger partial charge in [-0.15, -0.1) is 11.8 Å². The molecule has 1 atom stereocenters. The Bertz CT molecular complexity index is 469. The van der Waals surface area contributed by atoms with Crippen LogP contribution >= 0.6 is 11.8 Å². The van der Waals surface area contributed by atoms with Gasteiger partial charge in [-0.25, -0.2) is 0 Å². The van der Waals surface area contributed by atoms with E-state index in [9.17, 15) is 9.90 Å². The lowest BCUT2D eigenvalue weighted by molar-refractivity contribution is -0.113. The monoisotopic (exact) mass is 266 g/mol. The first-order valence-corrected chi connectivity index (χ1v) is 6.90. The number of benzene rings is 1. The molecule has 0 bridgehead atoms. The van der Waals surface area contributed by atoms with Crippen LogP contribution < -0.4 is 10.6 Å². The van der Waals surface area contributed by atoms with E-state index in [2.05, 4.69) is 10.6 Å². The minimum absolute atomic E-state index is 0.0280. The predicted octanol–water partition coefficient (Wildman–Crippen LogP) is 2.30. The van der Waals surface area contributed by atoms with Gasteiger partial charge in [0.05, 0.1) is 23.1 Å². The van der Waals surface area contributed by atoms with Crippen LogP contribution in [0, 0.1) is 0 Å². The van der Waals surface area contributed by atoms with Crippen LogP contribution in [-0.2, 0) is 4.79 Å². The van der Waals surface area contributed by atoms with Crippen LogP contribution in [0.5, 0.6) is 0 Å². The fourth-order valence-electron chi connectivity index (χ4n) is 1.60. The number of carbonyl (C=O) groups excluding carboxylic acids is 1. The fourth-order valence-corrected chi connectivity index (χ4v) is 2.39. The minimum Gasteiger partial charge on any atom is -0.388 e. The topological polar surface area (TPSA) is 61.4 Å². The van der Waals surface area contributed by atoms with E-state index in [-0.39, 0.29) is 11.9 Å². The molecule has 0 saturated heterocycles. The Hall–Kier alpha value is -1.20. The van der Waals surface area contributed by atoms with Crippen molar-refractivity contribution >= 4 is 29.0 Å². The molecule has 0 spiro atoms. The summed E-state index contributed by atoms with van der Waals surface area (Å²) in [5.74, 6) is 0.500. The SMILES string of the molecule is CC(Nc1ccc2c(c1)NC(=O)CS2)C(C)(C)O. The maximum atomic E-state index is 11.3. The molecule has 5 heteroatoms. The predicted molar refractivity (Wildman–Crippen MR) is 75.2 cm³/mol. The van der Waals surface area contributed by atoms with E-state index in [4.69, 9.17) is 0 Å². The van der Waals surface area contributed by atoms with E-state index < -0.39 is 5.60 Å². The first kappa shape index (κ1) is 13.2. The molecule has 4 nitrogen and oxygen atoms in total. The highest BCUT2D eigenvalue weighted by atomic mass is 32.2. The molecule has 0 radical (unpaired) electrons. The average molecular weight is 266 g/mol. The maximum absolute atomic E-state index is 11.3. The molecule has 1 amide bonds. The average Bonchev–Trinajstić information content (AvgIpc) is 2.27. The van der Waals surface area contributed by atoms with E-state index in [1.165, 1.54) is 0 Å². The van der Waals surface area contributed by atoms with Crippen molar-refractivity contribution in [1.82, 2.24) is 0 Å². The van der Waals surface area contributed by atoms with Gasteiger partial charge in [-0.3, -0.25) is 4.79 Å². The molecule has 0 saturated carbocycles. The second-order valence-corrected chi connectivity index (χ2v) is 6.08.